The van der Waals surface area contributed by atoms with E-state index in [4.69, 9.17) is 4.74 Å². The van der Waals surface area contributed by atoms with Gasteiger partial charge in [0, 0.05) is 18.3 Å². The smallest absolute Gasteiger partial charge is 0.169 e. The molecule has 0 aliphatic rings. The molecule has 0 aliphatic carbocycles. The fourth-order valence-electron chi connectivity index (χ4n) is 1.94. The highest BCUT2D eigenvalue weighted by Crippen LogP contribution is 2.26. The van der Waals surface area contributed by atoms with Gasteiger partial charge in [0.1, 0.15) is 5.75 Å². The summed E-state index contributed by atoms with van der Waals surface area (Å²) in [6, 6.07) is 6.12. The maximum absolute atomic E-state index is 13.8. The van der Waals surface area contributed by atoms with E-state index in [9.17, 15) is 8.78 Å². The number of pyridine rings is 1. The lowest BCUT2D eigenvalue weighted by molar-refractivity contribution is 0.412. The molecule has 2 rings (SSSR count). The van der Waals surface area contributed by atoms with Crippen LogP contribution in [0.3, 0.4) is 0 Å². The summed E-state index contributed by atoms with van der Waals surface area (Å²) < 4.78 is 32.5. The molecule has 1 aromatic carbocycles. The number of aryl methyl sites for hydroxylation is 1. The lowest BCUT2D eigenvalue weighted by Crippen LogP contribution is -2.06. The lowest BCUT2D eigenvalue weighted by Gasteiger charge is -2.12. The Hall–Kier alpha value is -2.37. The second-order valence-electron chi connectivity index (χ2n) is 4.49. The predicted octanol–water partition coefficient (Wildman–Crippen LogP) is 3.85. The van der Waals surface area contributed by atoms with E-state index >= 15 is 0 Å². The number of anilines is 3. The van der Waals surface area contributed by atoms with Crippen LogP contribution in [0, 0.1) is 18.6 Å². The molecule has 0 fully saturated rings. The summed E-state index contributed by atoms with van der Waals surface area (Å²) in [4.78, 5) is 3.93. The van der Waals surface area contributed by atoms with Gasteiger partial charge in [-0.05, 0) is 37.6 Å². The van der Waals surface area contributed by atoms with E-state index in [-0.39, 0.29) is 11.6 Å². The molecule has 0 spiro atoms. The molecule has 0 saturated heterocycles. The zero-order valence-electron chi connectivity index (χ0n) is 12.1. The Morgan fingerprint density at radius 2 is 1.86 bits per heavy atom. The predicted molar refractivity (Wildman–Crippen MR) is 79.3 cm³/mol. The van der Waals surface area contributed by atoms with Crippen LogP contribution < -0.4 is 15.4 Å². The normalized spacial score (nSPS) is 10.3. The molecule has 2 N–H and O–H groups in total. The topological polar surface area (TPSA) is 46.2 Å². The molecule has 4 nitrogen and oxygen atoms in total. The highest BCUT2D eigenvalue weighted by molar-refractivity contribution is 5.61. The third-order valence-corrected chi connectivity index (χ3v) is 2.93. The molecule has 0 radical (unpaired) electrons. The highest BCUT2D eigenvalue weighted by Gasteiger charge is 2.12. The Kier molecular flexibility index (Phi) is 4.57. The third-order valence-electron chi connectivity index (χ3n) is 2.93. The number of ether oxygens (including phenoxy) is 1. The van der Waals surface area contributed by atoms with Gasteiger partial charge in [-0.25, -0.2) is 13.8 Å². The van der Waals surface area contributed by atoms with Gasteiger partial charge >= 0.3 is 0 Å². The average Bonchev–Trinajstić information content (AvgIpc) is 2.44. The first-order valence-corrected chi connectivity index (χ1v) is 6.56. The van der Waals surface area contributed by atoms with Crippen LogP contribution in [0.2, 0.25) is 0 Å². The number of aromatic nitrogens is 1. The fraction of sp³-hybridized carbons (Fsp3) is 0.267. The van der Waals surface area contributed by atoms with Gasteiger partial charge in [-0.1, -0.05) is 0 Å². The number of methoxy groups -OCH3 is 1. The van der Waals surface area contributed by atoms with Gasteiger partial charge in [-0.15, -0.1) is 0 Å². The number of nitrogens with zero attached hydrogens (tertiary/aromatic N) is 1. The number of hydrogen-bond donors (Lipinski definition) is 2. The van der Waals surface area contributed by atoms with Crippen LogP contribution >= 0.6 is 0 Å². The molecule has 1 heterocycles. The van der Waals surface area contributed by atoms with Crippen LogP contribution in [0.5, 0.6) is 5.75 Å². The molecular formula is C15H17F2N3O. The second kappa shape index (κ2) is 6.39. The van der Waals surface area contributed by atoms with Gasteiger partial charge in [0.25, 0.3) is 0 Å². The van der Waals surface area contributed by atoms with Crippen molar-refractivity contribution >= 4 is 17.3 Å². The summed E-state index contributed by atoms with van der Waals surface area (Å²) in [5.74, 6) is -0.738. The van der Waals surface area contributed by atoms with Crippen LogP contribution in [-0.4, -0.2) is 18.6 Å². The van der Waals surface area contributed by atoms with Crippen molar-refractivity contribution < 1.29 is 13.5 Å². The van der Waals surface area contributed by atoms with Crippen molar-refractivity contribution in [1.29, 1.82) is 0 Å². The SMILES string of the molecule is CCNc1nc(Nc2ccc(OC)c(C)c2)c(F)cc1F. The number of nitrogens with one attached hydrogen (secondary N) is 2. The van der Waals surface area contributed by atoms with Crippen molar-refractivity contribution in [3.63, 3.8) is 0 Å². The van der Waals surface area contributed by atoms with E-state index in [1.165, 1.54) is 0 Å². The van der Waals surface area contributed by atoms with E-state index in [1.807, 2.05) is 13.8 Å². The van der Waals surface area contributed by atoms with Crippen molar-refractivity contribution in [3.05, 3.63) is 41.5 Å². The van der Waals surface area contributed by atoms with Crippen LogP contribution in [0.4, 0.5) is 26.1 Å². The first-order valence-electron chi connectivity index (χ1n) is 6.56. The van der Waals surface area contributed by atoms with Gasteiger partial charge < -0.3 is 15.4 Å². The summed E-state index contributed by atoms with van der Waals surface area (Å²) >= 11 is 0. The van der Waals surface area contributed by atoms with Gasteiger partial charge in [-0.2, -0.15) is 0 Å². The summed E-state index contributed by atoms with van der Waals surface area (Å²) in [6.45, 7) is 4.18. The van der Waals surface area contributed by atoms with Gasteiger partial charge in [0.15, 0.2) is 23.3 Å². The molecule has 0 bridgehead atoms. The van der Waals surface area contributed by atoms with Crippen molar-refractivity contribution in [3.8, 4) is 5.75 Å². The second-order valence-corrected chi connectivity index (χ2v) is 4.49. The van der Waals surface area contributed by atoms with Crippen LogP contribution in [0.15, 0.2) is 24.3 Å². The molecule has 0 aliphatic heterocycles. The Balaban J connectivity index is 2.30. The van der Waals surface area contributed by atoms with E-state index in [0.717, 1.165) is 17.4 Å². The average molecular weight is 293 g/mol. The number of hydrogen-bond acceptors (Lipinski definition) is 4. The minimum absolute atomic E-state index is 0.0200. The fourth-order valence-corrected chi connectivity index (χ4v) is 1.94. The van der Waals surface area contributed by atoms with Crippen LogP contribution in [0.1, 0.15) is 12.5 Å². The van der Waals surface area contributed by atoms with Crippen molar-refractivity contribution in [2.24, 2.45) is 0 Å². The van der Waals surface area contributed by atoms with Crippen LogP contribution in [0.25, 0.3) is 0 Å². The summed E-state index contributed by atoms with van der Waals surface area (Å²) in [5, 5.41) is 5.59. The summed E-state index contributed by atoms with van der Waals surface area (Å²) in [6.07, 6.45) is 0. The van der Waals surface area contributed by atoms with E-state index < -0.39 is 11.6 Å². The van der Waals surface area contributed by atoms with Gasteiger partial charge in [-0.3, -0.25) is 0 Å². The van der Waals surface area contributed by atoms with Crippen LogP contribution in [-0.2, 0) is 0 Å². The highest BCUT2D eigenvalue weighted by atomic mass is 19.1. The maximum Gasteiger partial charge on any atom is 0.169 e. The summed E-state index contributed by atoms with van der Waals surface area (Å²) in [5.41, 5.74) is 1.55. The maximum atomic E-state index is 13.8. The Bertz CT molecular complexity index is 647. The van der Waals surface area contributed by atoms with Gasteiger partial charge in [0.2, 0.25) is 0 Å². The molecule has 2 aromatic rings. The lowest BCUT2D eigenvalue weighted by atomic mass is 10.2. The first-order chi connectivity index (χ1) is 10.0. The van der Waals surface area contributed by atoms with E-state index in [1.54, 1.807) is 25.3 Å². The standard InChI is InChI=1S/C15H17F2N3O/c1-4-18-14-11(16)8-12(17)15(20-14)19-10-5-6-13(21-3)9(2)7-10/h5-8H,4H2,1-3H3,(H2,18,19,20). The summed E-state index contributed by atoms with van der Waals surface area (Å²) in [7, 11) is 1.58. The Labute approximate surface area is 122 Å². The molecule has 0 unspecified atom stereocenters. The number of halogens is 2. The van der Waals surface area contributed by atoms with Crippen molar-refractivity contribution in [2.45, 2.75) is 13.8 Å². The molecule has 0 amide bonds. The minimum Gasteiger partial charge on any atom is -0.496 e. The molecule has 0 saturated carbocycles. The largest absolute Gasteiger partial charge is 0.496 e. The molecule has 6 heteroatoms. The van der Waals surface area contributed by atoms with Gasteiger partial charge in [0.05, 0.1) is 7.11 Å². The molecule has 21 heavy (non-hydrogen) atoms. The van der Waals surface area contributed by atoms with Crippen molar-refractivity contribution in [2.75, 3.05) is 24.3 Å². The molecule has 112 valence electrons. The first kappa shape index (κ1) is 15.0. The molecule has 0 atom stereocenters. The number of benzene rings is 1. The number of rotatable bonds is 5. The zero-order chi connectivity index (χ0) is 15.4. The van der Waals surface area contributed by atoms with E-state index in [2.05, 4.69) is 15.6 Å². The Morgan fingerprint density at radius 1 is 1.14 bits per heavy atom. The third kappa shape index (κ3) is 3.39. The van der Waals surface area contributed by atoms with Crippen molar-refractivity contribution in [1.82, 2.24) is 4.98 Å². The quantitative estimate of drug-likeness (QED) is 0.879. The Morgan fingerprint density at radius 3 is 2.48 bits per heavy atom. The van der Waals surface area contributed by atoms with E-state index in [0.29, 0.717) is 12.2 Å². The minimum atomic E-state index is -0.748. The molecule has 1 aromatic heterocycles. The monoisotopic (exact) mass is 293 g/mol. The molecular weight excluding hydrogens is 276 g/mol. The zero-order valence-corrected chi connectivity index (χ0v) is 12.1.